The van der Waals surface area contributed by atoms with Crippen LogP contribution in [0, 0.1) is 40.4 Å². The van der Waals surface area contributed by atoms with Crippen molar-refractivity contribution in [1.29, 1.82) is 0 Å². The van der Waals surface area contributed by atoms with Crippen LogP contribution in [0.5, 0.6) is 0 Å². The molecule has 0 saturated heterocycles. The first-order valence-corrected chi connectivity index (χ1v) is 17.7. The van der Waals surface area contributed by atoms with E-state index in [1.54, 1.807) is 5.57 Å². The van der Waals surface area contributed by atoms with Gasteiger partial charge in [0.1, 0.15) is 6.10 Å². The van der Waals surface area contributed by atoms with E-state index in [2.05, 4.69) is 45.6 Å². The van der Waals surface area contributed by atoms with Gasteiger partial charge in [-0.3, -0.25) is 9.69 Å². The lowest BCUT2D eigenvalue weighted by molar-refractivity contribution is -0.205. The van der Waals surface area contributed by atoms with Crippen LogP contribution in [0.15, 0.2) is 11.6 Å². The Morgan fingerprint density at radius 1 is 0.976 bits per heavy atom. The molecule has 5 N–H and O–H groups in total. The highest BCUT2D eigenvalue weighted by atomic mass is 16.5. The van der Waals surface area contributed by atoms with Crippen molar-refractivity contribution in [2.45, 2.75) is 143 Å². The Hall–Kier alpha value is -0.950. The number of allylic oxidation sites excluding steroid dienone is 1. The summed E-state index contributed by atoms with van der Waals surface area (Å²) < 4.78 is 5.79. The number of rotatable bonds is 14. The largest absolute Gasteiger partial charge is 0.462 e. The highest BCUT2D eigenvalue weighted by Crippen LogP contribution is 2.68. The summed E-state index contributed by atoms with van der Waals surface area (Å²) in [5, 5.41) is 13.0. The van der Waals surface area contributed by atoms with Gasteiger partial charge in [0.05, 0.1) is 11.6 Å². The highest BCUT2D eigenvalue weighted by Gasteiger charge is 2.66. The molecule has 6 heteroatoms. The van der Waals surface area contributed by atoms with Gasteiger partial charge in [-0.2, -0.15) is 0 Å². The topological polar surface area (TPSA) is 102 Å². The molecule has 3 fully saturated rings. The first-order chi connectivity index (χ1) is 19.9. The lowest BCUT2D eigenvalue weighted by atomic mass is 9.45. The third-order valence-corrected chi connectivity index (χ3v) is 12.7. The Morgan fingerprint density at radius 2 is 1.69 bits per heavy atom. The maximum atomic E-state index is 13.0. The summed E-state index contributed by atoms with van der Waals surface area (Å²) in [7, 11) is 0. The number of nitrogens with two attached hydrogens (primary N) is 2. The Balaban J connectivity index is 1.71. The molecule has 0 spiro atoms. The number of ether oxygens (including phenoxy) is 1. The molecule has 0 amide bonds. The summed E-state index contributed by atoms with van der Waals surface area (Å²) in [6.45, 7) is 16.8. The Morgan fingerprint density at radius 3 is 2.36 bits per heavy atom. The molecule has 0 heterocycles. The van der Waals surface area contributed by atoms with Crippen molar-refractivity contribution in [2.75, 3.05) is 26.2 Å². The van der Waals surface area contributed by atoms with E-state index in [1.165, 1.54) is 45.4 Å². The van der Waals surface area contributed by atoms with Gasteiger partial charge in [0.2, 0.25) is 0 Å². The molecule has 0 aliphatic heterocycles. The van der Waals surface area contributed by atoms with Crippen LogP contribution in [-0.2, 0) is 9.53 Å². The van der Waals surface area contributed by atoms with Gasteiger partial charge in [0.25, 0.3) is 0 Å². The summed E-state index contributed by atoms with van der Waals surface area (Å²) in [5.74, 6) is 3.08. The Bertz CT molecular complexity index is 938. The van der Waals surface area contributed by atoms with E-state index in [4.69, 9.17) is 16.2 Å². The quantitative estimate of drug-likeness (QED) is 0.123. The van der Waals surface area contributed by atoms with Crippen molar-refractivity contribution in [3.05, 3.63) is 11.6 Å². The lowest BCUT2D eigenvalue weighted by Gasteiger charge is -2.64. The van der Waals surface area contributed by atoms with Crippen LogP contribution in [-0.4, -0.2) is 59.9 Å². The molecule has 0 unspecified atom stereocenters. The van der Waals surface area contributed by atoms with E-state index < -0.39 is 5.60 Å². The molecule has 242 valence electrons. The van der Waals surface area contributed by atoms with E-state index in [9.17, 15) is 9.90 Å². The molecule has 4 rings (SSSR count). The van der Waals surface area contributed by atoms with Gasteiger partial charge in [-0.1, -0.05) is 65.5 Å². The molecule has 3 saturated carbocycles. The van der Waals surface area contributed by atoms with Crippen LogP contribution in [0.3, 0.4) is 0 Å². The van der Waals surface area contributed by atoms with Crippen molar-refractivity contribution in [2.24, 2.45) is 51.9 Å². The smallest absolute Gasteiger partial charge is 0.302 e. The van der Waals surface area contributed by atoms with Crippen molar-refractivity contribution in [3.8, 4) is 0 Å². The van der Waals surface area contributed by atoms with E-state index in [0.717, 1.165) is 69.4 Å². The molecule has 6 nitrogen and oxygen atoms in total. The summed E-state index contributed by atoms with van der Waals surface area (Å²) in [4.78, 5) is 14.5. The molecule has 0 aromatic carbocycles. The van der Waals surface area contributed by atoms with Crippen molar-refractivity contribution >= 4 is 5.97 Å². The second-order valence-electron chi connectivity index (χ2n) is 15.7. The summed E-state index contributed by atoms with van der Waals surface area (Å²) >= 11 is 0. The van der Waals surface area contributed by atoms with Crippen LogP contribution in [0.25, 0.3) is 0 Å². The number of fused-ring (bicyclic) bond motifs is 5. The maximum Gasteiger partial charge on any atom is 0.302 e. The minimum atomic E-state index is -0.952. The molecule has 9 atom stereocenters. The number of esters is 1. The first-order valence-electron chi connectivity index (χ1n) is 17.7. The zero-order valence-electron chi connectivity index (χ0n) is 28.0. The summed E-state index contributed by atoms with van der Waals surface area (Å²) in [6.07, 6.45) is 16.5. The third kappa shape index (κ3) is 6.53. The standard InChI is InChI=1S/C36H65N3O3/c1-25(2)11-9-12-26(3)30-13-14-31-29-23-33(39(22-10-20-38)21-8-7-19-37)36(41)24-28(42-27(4)40)15-18-35(36,6)32(29)16-17-34(30,31)5/h23,25-26,28,30-33,41H,7-22,24,37-38H2,1-6H3/t26-,28+,30-,31+,32+,33-,34-,35-,36+/m1/s1. The van der Waals surface area contributed by atoms with Gasteiger partial charge < -0.3 is 21.3 Å². The number of carbonyl (C=O) groups is 1. The number of carbonyl (C=O) groups excluding carboxylic acids is 1. The van der Waals surface area contributed by atoms with Gasteiger partial charge in [0, 0.05) is 25.3 Å². The average molecular weight is 588 g/mol. The Labute approximate surface area is 257 Å². The van der Waals surface area contributed by atoms with Gasteiger partial charge >= 0.3 is 5.97 Å². The molecule has 0 bridgehead atoms. The fraction of sp³-hybridized carbons (Fsp3) is 0.917. The molecular weight excluding hydrogens is 522 g/mol. The SMILES string of the molecule is CC(=O)O[C@H]1CC[C@]2(C)[C@H]3CC[C@]4(C)[C@@H]([C@H](C)CCCC(C)C)CC[C@H]4C3=C[C@@H](N(CCCN)CCCCN)[C@@]2(O)C1. The van der Waals surface area contributed by atoms with Gasteiger partial charge in [0.15, 0.2) is 0 Å². The zero-order valence-corrected chi connectivity index (χ0v) is 28.0. The lowest BCUT2D eigenvalue weighted by Crippen LogP contribution is -2.69. The number of aliphatic hydroxyl groups is 1. The van der Waals surface area contributed by atoms with Gasteiger partial charge in [-0.15, -0.1) is 0 Å². The molecule has 4 aliphatic carbocycles. The second kappa shape index (κ2) is 14.0. The fourth-order valence-electron chi connectivity index (χ4n) is 10.4. The Kier molecular flexibility index (Phi) is 11.3. The minimum absolute atomic E-state index is 0.0960. The van der Waals surface area contributed by atoms with E-state index >= 15 is 0 Å². The summed E-state index contributed by atoms with van der Waals surface area (Å²) in [5.41, 5.74) is 12.7. The van der Waals surface area contributed by atoms with E-state index in [-0.39, 0.29) is 23.5 Å². The molecule has 0 radical (unpaired) electrons. The first kappa shape index (κ1) is 33.9. The molecule has 0 aromatic rings. The van der Waals surface area contributed by atoms with E-state index in [0.29, 0.717) is 36.8 Å². The van der Waals surface area contributed by atoms with Crippen LogP contribution < -0.4 is 11.5 Å². The third-order valence-electron chi connectivity index (χ3n) is 12.7. The van der Waals surface area contributed by atoms with Gasteiger partial charge in [-0.05, 0) is 112 Å². The van der Waals surface area contributed by atoms with Crippen LogP contribution >= 0.6 is 0 Å². The average Bonchev–Trinajstić information content (AvgIpc) is 3.28. The maximum absolute atomic E-state index is 13.0. The number of hydrogen-bond donors (Lipinski definition) is 3. The molecule has 0 aromatic heterocycles. The fourth-order valence-corrected chi connectivity index (χ4v) is 10.4. The van der Waals surface area contributed by atoms with Gasteiger partial charge in [-0.25, -0.2) is 0 Å². The summed E-state index contributed by atoms with van der Waals surface area (Å²) in [6, 6.07) is -0.0960. The monoisotopic (exact) mass is 588 g/mol. The number of nitrogens with zero attached hydrogens (tertiary/aromatic N) is 1. The van der Waals surface area contributed by atoms with Crippen LogP contribution in [0.1, 0.15) is 125 Å². The normalized spacial score (nSPS) is 38.5. The minimum Gasteiger partial charge on any atom is -0.462 e. The van der Waals surface area contributed by atoms with Crippen LogP contribution in [0.4, 0.5) is 0 Å². The second-order valence-corrected chi connectivity index (χ2v) is 15.7. The highest BCUT2D eigenvalue weighted by molar-refractivity contribution is 5.66. The van der Waals surface area contributed by atoms with E-state index in [1.807, 2.05) is 0 Å². The zero-order chi connectivity index (χ0) is 30.7. The van der Waals surface area contributed by atoms with Crippen molar-refractivity contribution in [3.63, 3.8) is 0 Å². The predicted octanol–water partition coefficient (Wildman–Crippen LogP) is 6.44. The van der Waals surface area contributed by atoms with Crippen molar-refractivity contribution < 1.29 is 14.6 Å². The molecular formula is C36H65N3O3. The number of unbranched alkanes of at least 4 members (excludes halogenated alkanes) is 1. The van der Waals surface area contributed by atoms with Crippen molar-refractivity contribution in [1.82, 2.24) is 4.90 Å². The van der Waals surface area contributed by atoms with Crippen LogP contribution in [0.2, 0.25) is 0 Å². The molecule has 42 heavy (non-hydrogen) atoms. The molecule has 4 aliphatic rings. The predicted molar refractivity (Wildman–Crippen MR) is 173 cm³/mol. The number of hydrogen-bond acceptors (Lipinski definition) is 6.